The molecule has 6 N–H and O–H groups in total. The maximum atomic E-state index is 6.51. The van der Waals surface area contributed by atoms with E-state index in [0.29, 0.717) is 12.4 Å². The summed E-state index contributed by atoms with van der Waals surface area (Å²) in [6, 6.07) is 16.6. The maximum absolute atomic E-state index is 6.51. The van der Waals surface area contributed by atoms with E-state index in [9.17, 15) is 0 Å². The molecule has 0 atom stereocenters. The molecule has 1 saturated heterocycles. The number of hydrogen-bond acceptors (Lipinski definition) is 6. The third kappa shape index (κ3) is 6.68. The first kappa shape index (κ1) is 25.8. The molecular weight excluding hydrogens is 448 g/mol. The molecule has 7 heteroatoms. The van der Waals surface area contributed by atoms with Gasteiger partial charge in [0, 0.05) is 36.2 Å². The van der Waals surface area contributed by atoms with Crippen molar-refractivity contribution in [2.45, 2.75) is 51.0 Å². The minimum absolute atomic E-state index is 0.255. The SMILES string of the molecule is C=C(C)NCCCCCCN(N)/N=C(\N)c1ccc(C2=CC3(CCNCC3)Oc3ccccc32)cc1. The summed E-state index contributed by atoms with van der Waals surface area (Å²) in [5.74, 6) is 7.46. The van der Waals surface area contributed by atoms with E-state index < -0.39 is 0 Å². The van der Waals surface area contributed by atoms with Gasteiger partial charge in [0.2, 0.25) is 0 Å². The number of hydrogen-bond donors (Lipinski definition) is 4. The number of unbranched alkanes of at least 4 members (excludes halogenated alkanes) is 3. The van der Waals surface area contributed by atoms with Crippen LogP contribution in [0, 0.1) is 0 Å². The summed E-state index contributed by atoms with van der Waals surface area (Å²) in [5, 5.41) is 12.5. The molecule has 0 unspecified atom stereocenters. The van der Waals surface area contributed by atoms with Crippen molar-refractivity contribution in [1.82, 2.24) is 15.8 Å². The number of ether oxygens (including phenoxy) is 1. The summed E-state index contributed by atoms with van der Waals surface area (Å²) >= 11 is 0. The monoisotopic (exact) mass is 488 g/mol. The Labute approximate surface area is 215 Å². The van der Waals surface area contributed by atoms with E-state index >= 15 is 0 Å². The number of nitrogens with one attached hydrogen (secondary N) is 2. The highest BCUT2D eigenvalue weighted by atomic mass is 16.5. The van der Waals surface area contributed by atoms with Gasteiger partial charge in [0.15, 0.2) is 5.84 Å². The highest BCUT2D eigenvalue weighted by Gasteiger charge is 2.36. The number of allylic oxidation sites excluding steroid dienone is 1. The molecule has 0 aromatic heterocycles. The molecule has 36 heavy (non-hydrogen) atoms. The Morgan fingerprint density at radius 3 is 2.56 bits per heavy atom. The maximum Gasteiger partial charge on any atom is 0.152 e. The van der Waals surface area contributed by atoms with Crippen molar-refractivity contribution in [3.63, 3.8) is 0 Å². The number of hydrazine groups is 1. The molecule has 2 aliphatic rings. The van der Waals surface area contributed by atoms with Crippen molar-refractivity contribution in [3.8, 4) is 5.75 Å². The molecule has 0 aliphatic carbocycles. The number of rotatable bonds is 11. The van der Waals surface area contributed by atoms with Crippen LogP contribution in [0.5, 0.6) is 5.75 Å². The van der Waals surface area contributed by atoms with Gasteiger partial charge in [0.1, 0.15) is 11.4 Å². The average Bonchev–Trinajstić information content (AvgIpc) is 2.88. The standard InChI is InChI=1S/C29H40N6O/c1-22(2)33-17-7-3-4-8-20-35(31)34-28(30)24-13-11-23(12-14-24)26-21-29(15-18-32-19-16-29)36-27-10-6-5-9-25(26)27/h5-6,9-14,21,32-33H,1,3-4,7-8,15-20,31H2,2H3,(H2,30,34). The molecule has 7 nitrogen and oxygen atoms in total. The van der Waals surface area contributed by atoms with Crippen LogP contribution in [0.15, 0.2) is 72.0 Å². The van der Waals surface area contributed by atoms with Gasteiger partial charge in [-0.05, 0) is 56.1 Å². The van der Waals surface area contributed by atoms with Crippen LogP contribution < -0.4 is 26.9 Å². The van der Waals surface area contributed by atoms with Gasteiger partial charge in [-0.2, -0.15) is 0 Å². The van der Waals surface area contributed by atoms with Gasteiger partial charge < -0.3 is 21.1 Å². The number of nitrogens with two attached hydrogens (primary N) is 2. The fraction of sp³-hybridized carbons (Fsp3) is 0.414. The highest BCUT2D eigenvalue weighted by molar-refractivity contribution is 5.98. The molecule has 0 bridgehead atoms. The van der Waals surface area contributed by atoms with Crippen LogP contribution in [-0.2, 0) is 0 Å². The topological polar surface area (TPSA) is 101 Å². The number of benzene rings is 2. The van der Waals surface area contributed by atoms with E-state index in [1.54, 1.807) is 0 Å². The lowest BCUT2D eigenvalue weighted by atomic mass is 9.83. The summed E-state index contributed by atoms with van der Waals surface area (Å²) in [5.41, 5.74) is 11.4. The number of hydrazone groups is 1. The number of para-hydroxylation sites is 1. The minimum Gasteiger partial charge on any atom is -0.482 e. The summed E-state index contributed by atoms with van der Waals surface area (Å²) in [6.45, 7) is 9.39. The quantitative estimate of drug-likeness (QED) is 0.125. The van der Waals surface area contributed by atoms with Crippen molar-refractivity contribution in [2.24, 2.45) is 16.7 Å². The van der Waals surface area contributed by atoms with Gasteiger partial charge in [-0.3, -0.25) is 0 Å². The molecular formula is C29H40N6O. The van der Waals surface area contributed by atoms with Gasteiger partial charge in [-0.25, -0.2) is 11.0 Å². The molecule has 2 aromatic carbocycles. The third-order valence-electron chi connectivity index (χ3n) is 6.82. The third-order valence-corrected chi connectivity index (χ3v) is 6.82. The molecule has 2 aliphatic heterocycles. The molecule has 0 saturated carbocycles. The highest BCUT2D eigenvalue weighted by Crippen LogP contribution is 2.42. The van der Waals surface area contributed by atoms with Crippen LogP contribution in [0.25, 0.3) is 5.57 Å². The summed E-state index contributed by atoms with van der Waals surface area (Å²) in [4.78, 5) is 0. The second-order valence-corrected chi connectivity index (χ2v) is 9.82. The largest absolute Gasteiger partial charge is 0.482 e. The Hall–Kier alpha value is -3.29. The van der Waals surface area contributed by atoms with Crippen molar-refractivity contribution in [2.75, 3.05) is 26.2 Å². The molecule has 1 spiro atoms. The van der Waals surface area contributed by atoms with Crippen LogP contribution in [0.4, 0.5) is 0 Å². The Balaban J connectivity index is 1.38. The number of piperidine rings is 1. The number of nitrogens with zero attached hydrogens (tertiary/aromatic N) is 2. The van der Waals surface area contributed by atoms with Crippen LogP contribution in [0.3, 0.4) is 0 Å². The van der Waals surface area contributed by atoms with E-state index in [1.165, 1.54) is 10.7 Å². The number of fused-ring (bicyclic) bond motifs is 1. The molecule has 2 aromatic rings. The lowest BCUT2D eigenvalue weighted by molar-refractivity contribution is 0.0817. The van der Waals surface area contributed by atoms with Crippen LogP contribution >= 0.6 is 0 Å². The van der Waals surface area contributed by atoms with Crippen molar-refractivity contribution in [1.29, 1.82) is 0 Å². The predicted octanol–water partition coefficient (Wildman–Crippen LogP) is 4.11. The van der Waals surface area contributed by atoms with E-state index in [0.717, 1.165) is 86.3 Å². The van der Waals surface area contributed by atoms with E-state index in [1.807, 2.05) is 25.1 Å². The normalized spacial score (nSPS) is 16.6. The summed E-state index contributed by atoms with van der Waals surface area (Å²) < 4.78 is 6.51. The Bertz CT molecular complexity index is 1090. The van der Waals surface area contributed by atoms with Gasteiger partial charge in [-0.15, -0.1) is 5.10 Å². The molecule has 192 valence electrons. The second-order valence-electron chi connectivity index (χ2n) is 9.82. The fourth-order valence-corrected chi connectivity index (χ4v) is 4.82. The van der Waals surface area contributed by atoms with Gasteiger partial charge in [-0.1, -0.05) is 61.9 Å². The molecule has 0 amide bonds. The smallest absolute Gasteiger partial charge is 0.152 e. The van der Waals surface area contributed by atoms with Crippen molar-refractivity contribution < 1.29 is 4.74 Å². The van der Waals surface area contributed by atoms with Crippen LogP contribution in [-0.4, -0.2) is 42.7 Å². The van der Waals surface area contributed by atoms with Gasteiger partial charge >= 0.3 is 0 Å². The number of amidine groups is 1. The van der Waals surface area contributed by atoms with Crippen LogP contribution in [0.2, 0.25) is 0 Å². The average molecular weight is 489 g/mol. The Morgan fingerprint density at radius 2 is 1.81 bits per heavy atom. The predicted molar refractivity (Wildman–Crippen MR) is 148 cm³/mol. The zero-order valence-electron chi connectivity index (χ0n) is 21.4. The zero-order chi connectivity index (χ0) is 25.4. The summed E-state index contributed by atoms with van der Waals surface area (Å²) in [7, 11) is 0. The fourth-order valence-electron chi connectivity index (χ4n) is 4.82. The molecule has 0 radical (unpaired) electrons. The van der Waals surface area contributed by atoms with Crippen LogP contribution in [0.1, 0.15) is 62.1 Å². The van der Waals surface area contributed by atoms with E-state index in [4.69, 9.17) is 16.3 Å². The first-order chi connectivity index (χ1) is 17.5. The van der Waals surface area contributed by atoms with E-state index in [-0.39, 0.29) is 5.60 Å². The van der Waals surface area contributed by atoms with Gasteiger partial charge in [0.05, 0.1) is 6.54 Å². The van der Waals surface area contributed by atoms with E-state index in [2.05, 4.69) is 58.7 Å². The zero-order valence-corrected chi connectivity index (χ0v) is 21.4. The molecule has 1 fully saturated rings. The second kappa shape index (κ2) is 12.1. The Morgan fingerprint density at radius 1 is 1.08 bits per heavy atom. The molecule has 4 rings (SSSR count). The van der Waals surface area contributed by atoms with Gasteiger partial charge in [0.25, 0.3) is 0 Å². The first-order valence-corrected chi connectivity index (χ1v) is 13.0. The van der Waals surface area contributed by atoms with Crippen molar-refractivity contribution >= 4 is 11.4 Å². The summed E-state index contributed by atoms with van der Waals surface area (Å²) in [6.07, 6.45) is 8.59. The van der Waals surface area contributed by atoms with Crippen molar-refractivity contribution in [3.05, 3.63) is 83.6 Å². The minimum atomic E-state index is -0.255. The first-order valence-electron chi connectivity index (χ1n) is 13.0. The lowest BCUT2D eigenvalue weighted by Gasteiger charge is -2.40. The Kier molecular flexibility index (Phi) is 8.67. The molecule has 2 heterocycles. The lowest BCUT2D eigenvalue weighted by Crippen LogP contribution is -2.46.